The molecule has 1 aromatic carbocycles. The summed E-state index contributed by atoms with van der Waals surface area (Å²) in [6.45, 7) is 5.28. The van der Waals surface area contributed by atoms with Crippen molar-refractivity contribution in [2.75, 3.05) is 11.9 Å². The maximum absolute atomic E-state index is 12.0. The van der Waals surface area contributed by atoms with Gasteiger partial charge in [0.1, 0.15) is 11.6 Å². The SMILES string of the molecule is CC(C)c1ccccc1OCC(=O)O[C@@H](C)C(=O)Nc1ccc(Cl)cn1. The minimum atomic E-state index is -0.982. The lowest BCUT2D eigenvalue weighted by molar-refractivity contribution is -0.155. The van der Waals surface area contributed by atoms with E-state index in [2.05, 4.69) is 10.3 Å². The minimum Gasteiger partial charge on any atom is -0.482 e. The zero-order valence-corrected chi connectivity index (χ0v) is 15.6. The van der Waals surface area contributed by atoms with Crippen molar-refractivity contribution in [1.29, 1.82) is 0 Å². The highest BCUT2D eigenvalue weighted by Crippen LogP contribution is 2.25. The molecule has 1 heterocycles. The first kappa shape index (κ1) is 19.7. The highest BCUT2D eigenvalue weighted by molar-refractivity contribution is 6.30. The van der Waals surface area contributed by atoms with E-state index in [1.807, 2.05) is 32.0 Å². The van der Waals surface area contributed by atoms with Crippen LogP contribution >= 0.6 is 11.6 Å². The van der Waals surface area contributed by atoms with Crippen molar-refractivity contribution >= 4 is 29.3 Å². The van der Waals surface area contributed by atoms with Gasteiger partial charge < -0.3 is 14.8 Å². The molecular weight excluding hydrogens is 356 g/mol. The molecule has 1 atom stereocenters. The number of esters is 1. The van der Waals surface area contributed by atoms with E-state index in [4.69, 9.17) is 21.1 Å². The number of hydrogen-bond donors (Lipinski definition) is 1. The number of ether oxygens (including phenoxy) is 2. The summed E-state index contributed by atoms with van der Waals surface area (Å²) in [5.74, 6) is 0.0937. The number of carbonyl (C=O) groups is 2. The van der Waals surface area contributed by atoms with Crippen LogP contribution in [-0.4, -0.2) is 29.6 Å². The second-order valence-corrected chi connectivity index (χ2v) is 6.40. The average Bonchev–Trinajstić information content (AvgIpc) is 2.62. The molecular formula is C19H21ClN2O4. The lowest BCUT2D eigenvalue weighted by Crippen LogP contribution is -2.32. The van der Waals surface area contributed by atoms with E-state index in [0.29, 0.717) is 16.6 Å². The largest absolute Gasteiger partial charge is 0.482 e. The number of aromatic nitrogens is 1. The topological polar surface area (TPSA) is 77.5 Å². The number of halogens is 1. The van der Waals surface area contributed by atoms with Gasteiger partial charge in [-0.25, -0.2) is 9.78 Å². The van der Waals surface area contributed by atoms with Crippen molar-refractivity contribution in [2.24, 2.45) is 0 Å². The van der Waals surface area contributed by atoms with Crippen molar-refractivity contribution in [3.63, 3.8) is 0 Å². The molecule has 0 unspecified atom stereocenters. The second-order valence-electron chi connectivity index (χ2n) is 5.96. The Hall–Kier alpha value is -2.60. The fourth-order valence-corrected chi connectivity index (χ4v) is 2.30. The molecule has 0 aliphatic rings. The summed E-state index contributed by atoms with van der Waals surface area (Å²) in [6.07, 6.45) is 0.428. The minimum absolute atomic E-state index is 0.263. The lowest BCUT2D eigenvalue weighted by Gasteiger charge is -2.15. The number of nitrogens with one attached hydrogen (secondary N) is 1. The van der Waals surface area contributed by atoms with Crippen LogP contribution in [0.5, 0.6) is 5.75 Å². The summed E-state index contributed by atoms with van der Waals surface area (Å²) in [5.41, 5.74) is 1.000. The molecule has 138 valence electrons. The van der Waals surface area contributed by atoms with Gasteiger partial charge in [-0.2, -0.15) is 0 Å². The Morgan fingerprint density at radius 3 is 2.54 bits per heavy atom. The van der Waals surface area contributed by atoms with Crippen LogP contribution in [0.2, 0.25) is 5.02 Å². The molecule has 0 aliphatic heterocycles. The molecule has 0 radical (unpaired) electrons. The summed E-state index contributed by atoms with van der Waals surface area (Å²) < 4.78 is 10.6. The Morgan fingerprint density at radius 1 is 1.15 bits per heavy atom. The third kappa shape index (κ3) is 5.74. The molecule has 1 N–H and O–H groups in total. The van der Waals surface area contributed by atoms with E-state index < -0.39 is 18.0 Å². The third-order valence-electron chi connectivity index (χ3n) is 3.54. The molecule has 0 saturated carbocycles. The predicted molar refractivity (Wildman–Crippen MR) is 99.5 cm³/mol. The molecule has 0 bridgehead atoms. The van der Waals surface area contributed by atoms with Crippen LogP contribution < -0.4 is 10.1 Å². The van der Waals surface area contributed by atoms with E-state index in [0.717, 1.165) is 5.56 Å². The van der Waals surface area contributed by atoms with Crippen LogP contribution in [0.15, 0.2) is 42.6 Å². The van der Waals surface area contributed by atoms with Gasteiger partial charge in [0.2, 0.25) is 0 Å². The fraction of sp³-hybridized carbons (Fsp3) is 0.316. The van der Waals surface area contributed by atoms with Gasteiger partial charge in [0.15, 0.2) is 12.7 Å². The van der Waals surface area contributed by atoms with Crippen LogP contribution in [0.4, 0.5) is 5.82 Å². The molecule has 0 aliphatic carbocycles. The maximum Gasteiger partial charge on any atom is 0.344 e. The van der Waals surface area contributed by atoms with E-state index in [1.54, 1.807) is 18.2 Å². The van der Waals surface area contributed by atoms with Gasteiger partial charge in [-0.1, -0.05) is 43.6 Å². The standard InChI is InChI=1S/C19H21ClN2O4/c1-12(2)15-6-4-5-7-16(15)25-11-18(23)26-13(3)19(24)22-17-9-8-14(20)10-21-17/h4-10,12-13H,11H2,1-3H3,(H,21,22,24)/t13-/m0/s1. The van der Waals surface area contributed by atoms with Gasteiger partial charge >= 0.3 is 5.97 Å². The Labute approximate surface area is 157 Å². The number of nitrogens with zero attached hydrogens (tertiary/aromatic N) is 1. The van der Waals surface area contributed by atoms with Crippen molar-refractivity contribution < 1.29 is 19.1 Å². The van der Waals surface area contributed by atoms with Crippen molar-refractivity contribution in [1.82, 2.24) is 4.98 Å². The van der Waals surface area contributed by atoms with Gasteiger partial charge in [0.05, 0.1) is 5.02 Å². The first-order valence-electron chi connectivity index (χ1n) is 8.20. The quantitative estimate of drug-likeness (QED) is 0.743. The fourth-order valence-electron chi connectivity index (χ4n) is 2.19. The van der Waals surface area contributed by atoms with E-state index in [9.17, 15) is 9.59 Å². The number of anilines is 1. The van der Waals surface area contributed by atoms with Crippen molar-refractivity contribution in [2.45, 2.75) is 32.8 Å². The molecule has 1 aromatic heterocycles. The summed E-state index contributed by atoms with van der Waals surface area (Å²) >= 11 is 5.74. The zero-order chi connectivity index (χ0) is 19.1. The van der Waals surface area contributed by atoms with Crippen LogP contribution in [-0.2, 0) is 14.3 Å². The maximum atomic E-state index is 12.0. The number of carbonyl (C=O) groups excluding carboxylic acids is 2. The van der Waals surface area contributed by atoms with Gasteiger partial charge in [0, 0.05) is 6.20 Å². The molecule has 0 saturated heterocycles. The summed E-state index contributed by atoms with van der Waals surface area (Å²) in [7, 11) is 0. The Morgan fingerprint density at radius 2 is 1.88 bits per heavy atom. The predicted octanol–water partition coefficient (Wildman–Crippen LogP) is 3.81. The molecule has 2 rings (SSSR count). The molecule has 0 spiro atoms. The number of para-hydroxylation sites is 1. The molecule has 2 aromatic rings. The zero-order valence-electron chi connectivity index (χ0n) is 14.9. The number of amides is 1. The van der Waals surface area contributed by atoms with Crippen molar-refractivity contribution in [3.8, 4) is 5.75 Å². The lowest BCUT2D eigenvalue weighted by atomic mass is 10.0. The van der Waals surface area contributed by atoms with E-state index in [1.165, 1.54) is 13.1 Å². The highest BCUT2D eigenvalue weighted by atomic mass is 35.5. The summed E-state index contributed by atoms with van der Waals surface area (Å²) in [6, 6.07) is 10.6. The Bertz CT molecular complexity index is 762. The van der Waals surface area contributed by atoms with Crippen LogP contribution in [0.3, 0.4) is 0 Å². The highest BCUT2D eigenvalue weighted by Gasteiger charge is 2.19. The summed E-state index contributed by atoms with van der Waals surface area (Å²) in [4.78, 5) is 28.0. The molecule has 0 fully saturated rings. The first-order valence-corrected chi connectivity index (χ1v) is 8.58. The van der Waals surface area contributed by atoms with E-state index >= 15 is 0 Å². The normalized spacial score (nSPS) is 11.7. The van der Waals surface area contributed by atoms with Crippen molar-refractivity contribution in [3.05, 3.63) is 53.2 Å². The monoisotopic (exact) mass is 376 g/mol. The van der Waals surface area contributed by atoms with Gasteiger partial charge in [-0.3, -0.25) is 4.79 Å². The van der Waals surface area contributed by atoms with Gasteiger partial charge in [-0.15, -0.1) is 0 Å². The molecule has 6 nitrogen and oxygen atoms in total. The summed E-state index contributed by atoms with van der Waals surface area (Å²) in [5, 5.41) is 3.00. The Kier molecular flexibility index (Phi) is 6.97. The van der Waals surface area contributed by atoms with E-state index in [-0.39, 0.29) is 12.5 Å². The van der Waals surface area contributed by atoms with Gasteiger partial charge in [-0.05, 0) is 36.6 Å². The number of rotatable bonds is 7. The molecule has 26 heavy (non-hydrogen) atoms. The average molecular weight is 377 g/mol. The number of hydrogen-bond acceptors (Lipinski definition) is 5. The van der Waals surface area contributed by atoms with Crippen LogP contribution in [0, 0.1) is 0 Å². The number of pyridine rings is 1. The van der Waals surface area contributed by atoms with Crippen LogP contribution in [0.1, 0.15) is 32.3 Å². The number of benzene rings is 1. The second kappa shape index (κ2) is 9.20. The molecule has 7 heteroatoms. The van der Waals surface area contributed by atoms with Gasteiger partial charge in [0.25, 0.3) is 5.91 Å². The third-order valence-corrected chi connectivity index (χ3v) is 3.77. The first-order chi connectivity index (χ1) is 12.4. The smallest absolute Gasteiger partial charge is 0.344 e. The molecule has 1 amide bonds. The Balaban J connectivity index is 1.85. The van der Waals surface area contributed by atoms with Crippen LogP contribution in [0.25, 0.3) is 0 Å².